The maximum absolute atomic E-state index is 3.77. The van der Waals surface area contributed by atoms with Gasteiger partial charge in [-0.3, -0.25) is 4.90 Å². The van der Waals surface area contributed by atoms with Crippen molar-refractivity contribution < 1.29 is 0 Å². The molecule has 2 nitrogen and oxygen atoms in total. The third-order valence-electron chi connectivity index (χ3n) is 5.49. The van der Waals surface area contributed by atoms with Crippen LogP contribution in [-0.2, 0) is 0 Å². The smallest absolute Gasteiger partial charge is 0.0224 e. The molecule has 0 aromatic heterocycles. The number of likely N-dealkylation sites (tertiary alicyclic amines) is 1. The molecule has 0 aromatic carbocycles. The van der Waals surface area contributed by atoms with E-state index in [-0.39, 0.29) is 0 Å². The lowest BCUT2D eigenvalue weighted by atomic mass is 9.94. The third-order valence-corrected chi connectivity index (χ3v) is 5.49. The molecule has 19 heavy (non-hydrogen) atoms. The monoisotopic (exact) mass is 266 g/mol. The molecular formula is C17H34N2. The van der Waals surface area contributed by atoms with Crippen LogP contribution in [0.1, 0.15) is 72.1 Å². The molecule has 1 saturated carbocycles. The van der Waals surface area contributed by atoms with E-state index >= 15 is 0 Å². The Morgan fingerprint density at radius 1 is 1.11 bits per heavy atom. The normalized spacial score (nSPS) is 28.9. The van der Waals surface area contributed by atoms with Crippen molar-refractivity contribution in [1.29, 1.82) is 0 Å². The van der Waals surface area contributed by atoms with Crippen LogP contribution in [0.5, 0.6) is 0 Å². The fraction of sp³-hybridized carbons (Fsp3) is 1.00. The summed E-state index contributed by atoms with van der Waals surface area (Å²) in [6.07, 6.45) is 11.3. The lowest BCUT2D eigenvalue weighted by Crippen LogP contribution is -2.51. The number of hydrogen-bond donors (Lipinski definition) is 1. The standard InChI is InChI=1S/C17H34N2/c1-4-12-18-16(5-2)14(3)19-13-8-11-17(19)15-9-6-7-10-15/h14-18H,4-13H2,1-3H3. The molecule has 2 fully saturated rings. The van der Waals surface area contributed by atoms with Gasteiger partial charge in [-0.05, 0) is 64.5 Å². The first-order valence-electron chi connectivity index (χ1n) is 8.77. The summed E-state index contributed by atoms with van der Waals surface area (Å²) in [7, 11) is 0. The summed E-state index contributed by atoms with van der Waals surface area (Å²) in [5, 5.41) is 3.77. The predicted molar refractivity (Wildman–Crippen MR) is 83.5 cm³/mol. The van der Waals surface area contributed by atoms with Gasteiger partial charge in [-0.2, -0.15) is 0 Å². The van der Waals surface area contributed by atoms with E-state index in [0.717, 1.165) is 12.0 Å². The second-order valence-corrected chi connectivity index (χ2v) is 6.70. The number of hydrogen-bond acceptors (Lipinski definition) is 2. The SMILES string of the molecule is CCCNC(CC)C(C)N1CCCC1C1CCCC1. The van der Waals surface area contributed by atoms with Gasteiger partial charge in [-0.1, -0.05) is 26.7 Å². The van der Waals surface area contributed by atoms with E-state index in [2.05, 4.69) is 31.0 Å². The Hall–Kier alpha value is -0.0800. The molecule has 3 atom stereocenters. The average molecular weight is 266 g/mol. The Kier molecular flexibility index (Phi) is 6.15. The van der Waals surface area contributed by atoms with E-state index in [1.807, 2.05) is 0 Å². The van der Waals surface area contributed by atoms with Crippen LogP contribution in [0.2, 0.25) is 0 Å². The fourth-order valence-corrected chi connectivity index (χ4v) is 4.39. The molecule has 0 bridgehead atoms. The maximum Gasteiger partial charge on any atom is 0.0224 e. The van der Waals surface area contributed by atoms with Crippen molar-refractivity contribution in [3.63, 3.8) is 0 Å². The highest BCUT2D eigenvalue weighted by atomic mass is 15.2. The Morgan fingerprint density at radius 3 is 2.47 bits per heavy atom. The van der Waals surface area contributed by atoms with Crippen molar-refractivity contribution >= 4 is 0 Å². The molecule has 1 N–H and O–H groups in total. The van der Waals surface area contributed by atoms with E-state index < -0.39 is 0 Å². The molecule has 2 aliphatic rings. The average Bonchev–Trinajstić information content (AvgIpc) is 3.09. The third kappa shape index (κ3) is 3.72. The molecule has 1 aliphatic heterocycles. The van der Waals surface area contributed by atoms with Crippen LogP contribution in [0.4, 0.5) is 0 Å². The summed E-state index contributed by atoms with van der Waals surface area (Å²) >= 11 is 0. The largest absolute Gasteiger partial charge is 0.312 e. The lowest BCUT2D eigenvalue weighted by molar-refractivity contribution is 0.116. The first-order valence-corrected chi connectivity index (χ1v) is 8.77. The summed E-state index contributed by atoms with van der Waals surface area (Å²) in [4.78, 5) is 2.85. The highest BCUT2D eigenvalue weighted by Gasteiger charge is 2.37. The van der Waals surface area contributed by atoms with E-state index in [0.29, 0.717) is 12.1 Å². The Morgan fingerprint density at radius 2 is 1.84 bits per heavy atom. The van der Waals surface area contributed by atoms with Gasteiger partial charge < -0.3 is 5.32 Å². The van der Waals surface area contributed by atoms with Crippen LogP contribution < -0.4 is 5.32 Å². The molecule has 112 valence electrons. The van der Waals surface area contributed by atoms with Crippen LogP contribution in [-0.4, -0.2) is 36.1 Å². The van der Waals surface area contributed by atoms with Gasteiger partial charge in [0.1, 0.15) is 0 Å². The number of nitrogens with one attached hydrogen (secondary N) is 1. The fourth-order valence-electron chi connectivity index (χ4n) is 4.39. The highest BCUT2D eigenvalue weighted by molar-refractivity contribution is 4.93. The number of nitrogens with zero attached hydrogens (tertiary/aromatic N) is 1. The van der Waals surface area contributed by atoms with Crippen molar-refractivity contribution in [3.05, 3.63) is 0 Å². The first kappa shape index (κ1) is 15.3. The minimum absolute atomic E-state index is 0.682. The minimum Gasteiger partial charge on any atom is -0.312 e. The molecule has 0 spiro atoms. The minimum atomic E-state index is 0.682. The van der Waals surface area contributed by atoms with Gasteiger partial charge in [0.15, 0.2) is 0 Å². The maximum atomic E-state index is 3.77. The molecule has 1 aliphatic carbocycles. The molecule has 2 heteroatoms. The summed E-state index contributed by atoms with van der Waals surface area (Å²) in [5.41, 5.74) is 0. The Bertz CT molecular complexity index is 248. The molecule has 0 amide bonds. The number of rotatable bonds is 7. The van der Waals surface area contributed by atoms with Crippen LogP contribution in [0, 0.1) is 5.92 Å². The van der Waals surface area contributed by atoms with Crippen molar-refractivity contribution in [2.45, 2.75) is 90.3 Å². The lowest BCUT2D eigenvalue weighted by Gasteiger charge is -2.38. The van der Waals surface area contributed by atoms with Gasteiger partial charge in [-0.25, -0.2) is 0 Å². The van der Waals surface area contributed by atoms with Gasteiger partial charge in [-0.15, -0.1) is 0 Å². The quantitative estimate of drug-likeness (QED) is 0.754. The van der Waals surface area contributed by atoms with Gasteiger partial charge in [0, 0.05) is 18.1 Å². The zero-order chi connectivity index (χ0) is 13.7. The molecule has 3 unspecified atom stereocenters. The predicted octanol–water partition coefficient (Wildman–Crippen LogP) is 3.81. The van der Waals surface area contributed by atoms with E-state index in [1.54, 1.807) is 0 Å². The van der Waals surface area contributed by atoms with Crippen LogP contribution in [0.15, 0.2) is 0 Å². The van der Waals surface area contributed by atoms with E-state index in [4.69, 9.17) is 0 Å². The topological polar surface area (TPSA) is 15.3 Å². The van der Waals surface area contributed by atoms with Crippen LogP contribution in [0.3, 0.4) is 0 Å². The molecule has 1 heterocycles. The molecular weight excluding hydrogens is 232 g/mol. The molecule has 2 rings (SSSR count). The summed E-state index contributed by atoms with van der Waals surface area (Å²) < 4.78 is 0. The molecule has 0 aromatic rings. The van der Waals surface area contributed by atoms with Crippen molar-refractivity contribution in [1.82, 2.24) is 10.2 Å². The van der Waals surface area contributed by atoms with Crippen LogP contribution >= 0.6 is 0 Å². The molecule has 0 radical (unpaired) electrons. The molecule has 1 saturated heterocycles. The summed E-state index contributed by atoms with van der Waals surface area (Å²) in [6, 6.07) is 2.29. The van der Waals surface area contributed by atoms with Crippen molar-refractivity contribution in [2.75, 3.05) is 13.1 Å². The second kappa shape index (κ2) is 7.64. The van der Waals surface area contributed by atoms with Gasteiger partial charge in [0.25, 0.3) is 0 Å². The summed E-state index contributed by atoms with van der Waals surface area (Å²) in [5.74, 6) is 1.01. The van der Waals surface area contributed by atoms with Gasteiger partial charge in [0.05, 0.1) is 0 Å². The Labute approximate surface area is 120 Å². The first-order chi connectivity index (χ1) is 9.27. The van der Waals surface area contributed by atoms with Crippen LogP contribution in [0.25, 0.3) is 0 Å². The zero-order valence-corrected chi connectivity index (χ0v) is 13.3. The Balaban J connectivity index is 1.93. The van der Waals surface area contributed by atoms with E-state index in [1.165, 1.54) is 64.5 Å². The van der Waals surface area contributed by atoms with Gasteiger partial charge >= 0.3 is 0 Å². The second-order valence-electron chi connectivity index (χ2n) is 6.70. The van der Waals surface area contributed by atoms with E-state index in [9.17, 15) is 0 Å². The van der Waals surface area contributed by atoms with Crippen molar-refractivity contribution in [2.24, 2.45) is 5.92 Å². The zero-order valence-electron chi connectivity index (χ0n) is 13.3. The highest BCUT2D eigenvalue weighted by Crippen LogP contribution is 2.36. The van der Waals surface area contributed by atoms with Crippen molar-refractivity contribution in [3.8, 4) is 0 Å². The summed E-state index contributed by atoms with van der Waals surface area (Å²) in [6.45, 7) is 9.58. The van der Waals surface area contributed by atoms with Gasteiger partial charge in [0.2, 0.25) is 0 Å².